The van der Waals surface area contributed by atoms with Crippen LogP contribution in [0.4, 0.5) is 0 Å². The van der Waals surface area contributed by atoms with Crippen molar-refractivity contribution in [3.63, 3.8) is 0 Å². The van der Waals surface area contributed by atoms with Gasteiger partial charge in [0.05, 0.1) is 4.34 Å². The summed E-state index contributed by atoms with van der Waals surface area (Å²) < 4.78 is 0.873. The molecular formula is C16H20ClNS. The van der Waals surface area contributed by atoms with E-state index >= 15 is 0 Å². The largest absolute Gasteiger partial charge is 0.310 e. The average Bonchev–Trinajstić information content (AvgIpc) is 2.84. The van der Waals surface area contributed by atoms with E-state index in [1.165, 1.54) is 16.0 Å². The minimum Gasteiger partial charge on any atom is -0.310 e. The van der Waals surface area contributed by atoms with Crippen molar-refractivity contribution < 1.29 is 0 Å². The van der Waals surface area contributed by atoms with Gasteiger partial charge in [-0.3, -0.25) is 0 Å². The number of nitrogens with one attached hydrogen (secondary N) is 1. The molecule has 0 saturated carbocycles. The topological polar surface area (TPSA) is 12.0 Å². The first-order valence-corrected chi connectivity index (χ1v) is 7.95. The molecule has 2 rings (SSSR count). The third-order valence-electron chi connectivity index (χ3n) is 3.34. The summed E-state index contributed by atoms with van der Waals surface area (Å²) in [6, 6.07) is 13.3. The molecule has 1 unspecified atom stereocenters. The number of thiophene rings is 1. The second-order valence-electron chi connectivity index (χ2n) is 4.73. The molecular weight excluding hydrogens is 274 g/mol. The second kappa shape index (κ2) is 7.09. The van der Waals surface area contributed by atoms with E-state index in [0.717, 1.165) is 23.7 Å². The summed E-state index contributed by atoms with van der Waals surface area (Å²) >= 11 is 7.59. The molecule has 0 radical (unpaired) electrons. The van der Waals surface area contributed by atoms with E-state index in [1.807, 2.05) is 6.07 Å². The summed E-state index contributed by atoms with van der Waals surface area (Å²) in [6.45, 7) is 5.37. The summed E-state index contributed by atoms with van der Waals surface area (Å²) in [7, 11) is 0. The summed E-state index contributed by atoms with van der Waals surface area (Å²) in [4.78, 5) is 1.34. The molecule has 0 aliphatic heterocycles. The van der Waals surface area contributed by atoms with E-state index in [9.17, 15) is 0 Å². The zero-order chi connectivity index (χ0) is 13.7. The van der Waals surface area contributed by atoms with Crippen molar-refractivity contribution in [2.45, 2.75) is 32.7 Å². The fourth-order valence-electron chi connectivity index (χ4n) is 2.06. The van der Waals surface area contributed by atoms with Crippen molar-refractivity contribution in [2.75, 3.05) is 6.54 Å². The SMILES string of the molecule is CCc1ccc(C(C)NCCc2ccc(Cl)s2)cc1. The van der Waals surface area contributed by atoms with Gasteiger partial charge in [0.1, 0.15) is 0 Å². The minimum atomic E-state index is 0.390. The van der Waals surface area contributed by atoms with Gasteiger partial charge in [-0.05, 0) is 43.0 Å². The smallest absolute Gasteiger partial charge is 0.0931 e. The van der Waals surface area contributed by atoms with Crippen molar-refractivity contribution in [2.24, 2.45) is 0 Å². The van der Waals surface area contributed by atoms with Crippen LogP contribution in [0.1, 0.15) is 35.9 Å². The molecule has 1 nitrogen and oxygen atoms in total. The van der Waals surface area contributed by atoms with Gasteiger partial charge >= 0.3 is 0 Å². The van der Waals surface area contributed by atoms with Gasteiger partial charge in [-0.2, -0.15) is 0 Å². The fraction of sp³-hybridized carbons (Fsp3) is 0.375. The normalized spacial score (nSPS) is 12.6. The highest BCUT2D eigenvalue weighted by Gasteiger charge is 2.05. The van der Waals surface area contributed by atoms with E-state index in [2.05, 4.69) is 49.5 Å². The van der Waals surface area contributed by atoms with Crippen molar-refractivity contribution in [1.82, 2.24) is 5.32 Å². The Hall–Kier alpha value is -0.830. The average molecular weight is 294 g/mol. The Labute approximate surface area is 124 Å². The minimum absolute atomic E-state index is 0.390. The molecule has 2 aromatic rings. The van der Waals surface area contributed by atoms with Crippen LogP contribution in [0.2, 0.25) is 4.34 Å². The summed E-state index contributed by atoms with van der Waals surface area (Å²) in [5.41, 5.74) is 2.74. The molecule has 0 bridgehead atoms. The van der Waals surface area contributed by atoms with Crippen LogP contribution in [0.3, 0.4) is 0 Å². The predicted octanol–water partition coefficient (Wildman–Crippen LogP) is 4.86. The van der Waals surface area contributed by atoms with Crippen LogP contribution in [0.5, 0.6) is 0 Å². The Morgan fingerprint density at radius 2 is 1.89 bits per heavy atom. The molecule has 1 N–H and O–H groups in total. The zero-order valence-electron chi connectivity index (χ0n) is 11.4. The molecule has 1 aromatic heterocycles. The Balaban J connectivity index is 1.81. The highest BCUT2D eigenvalue weighted by atomic mass is 35.5. The summed E-state index contributed by atoms with van der Waals surface area (Å²) in [5, 5.41) is 3.56. The number of hydrogen-bond donors (Lipinski definition) is 1. The first-order chi connectivity index (χ1) is 9.19. The molecule has 0 aliphatic carbocycles. The van der Waals surface area contributed by atoms with E-state index in [4.69, 9.17) is 11.6 Å². The molecule has 1 atom stereocenters. The maximum atomic E-state index is 5.92. The number of rotatable bonds is 6. The molecule has 1 aromatic carbocycles. The number of aryl methyl sites for hydroxylation is 1. The number of halogens is 1. The van der Waals surface area contributed by atoms with Gasteiger partial charge in [-0.25, -0.2) is 0 Å². The molecule has 0 aliphatic rings. The monoisotopic (exact) mass is 293 g/mol. The van der Waals surface area contributed by atoms with Crippen LogP contribution in [0.25, 0.3) is 0 Å². The van der Waals surface area contributed by atoms with Crippen molar-refractivity contribution >= 4 is 22.9 Å². The van der Waals surface area contributed by atoms with Gasteiger partial charge in [-0.1, -0.05) is 42.8 Å². The lowest BCUT2D eigenvalue weighted by Gasteiger charge is -2.14. The van der Waals surface area contributed by atoms with Gasteiger partial charge in [0.15, 0.2) is 0 Å². The zero-order valence-corrected chi connectivity index (χ0v) is 13.0. The van der Waals surface area contributed by atoms with Crippen molar-refractivity contribution in [3.8, 4) is 0 Å². The Kier molecular flexibility index (Phi) is 5.44. The third kappa shape index (κ3) is 4.34. The first-order valence-electron chi connectivity index (χ1n) is 6.75. The van der Waals surface area contributed by atoms with E-state index in [1.54, 1.807) is 11.3 Å². The highest BCUT2D eigenvalue weighted by molar-refractivity contribution is 7.16. The molecule has 19 heavy (non-hydrogen) atoms. The van der Waals surface area contributed by atoms with Gasteiger partial charge in [0.25, 0.3) is 0 Å². The second-order valence-corrected chi connectivity index (χ2v) is 6.53. The van der Waals surface area contributed by atoms with Crippen molar-refractivity contribution in [3.05, 3.63) is 56.7 Å². The van der Waals surface area contributed by atoms with Crippen LogP contribution in [-0.2, 0) is 12.8 Å². The van der Waals surface area contributed by atoms with Crippen LogP contribution in [0, 0.1) is 0 Å². The Morgan fingerprint density at radius 3 is 2.47 bits per heavy atom. The number of benzene rings is 1. The van der Waals surface area contributed by atoms with Crippen LogP contribution >= 0.6 is 22.9 Å². The maximum absolute atomic E-state index is 5.92. The third-order valence-corrected chi connectivity index (χ3v) is 4.63. The van der Waals surface area contributed by atoms with E-state index in [-0.39, 0.29) is 0 Å². The lowest BCUT2D eigenvalue weighted by molar-refractivity contribution is 0.578. The standard InChI is InChI=1S/C16H20ClNS/c1-3-13-4-6-14(7-5-13)12(2)18-11-10-15-8-9-16(17)19-15/h4-9,12,18H,3,10-11H2,1-2H3. The van der Waals surface area contributed by atoms with Gasteiger partial charge in [-0.15, -0.1) is 11.3 Å². The molecule has 0 spiro atoms. The van der Waals surface area contributed by atoms with E-state index in [0.29, 0.717) is 6.04 Å². The Bertz CT molecular complexity index is 504. The lowest BCUT2D eigenvalue weighted by Crippen LogP contribution is -2.21. The highest BCUT2D eigenvalue weighted by Crippen LogP contribution is 2.21. The molecule has 0 amide bonds. The summed E-state index contributed by atoms with van der Waals surface area (Å²) in [5.74, 6) is 0. The van der Waals surface area contributed by atoms with Gasteiger partial charge in [0.2, 0.25) is 0 Å². The Morgan fingerprint density at radius 1 is 1.16 bits per heavy atom. The first kappa shape index (κ1) is 14.6. The molecule has 0 fully saturated rings. The number of hydrogen-bond acceptors (Lipinski definition) is 2. The van der Waals surface area contributed by atoms with Crippen LogP contribution in [-0.4, -0.2) is 6.54 Å². The molecule has 0 saturated heterocycles. The van der Waals surface area contributed by atoms with Crippen LogP contribution in [0.15, 0.2) is 36.4 Å². The molecule has 102 valence electrons. The molecule has 1 heterocycles. The van der Waals surface area contributed by atoms with Crippen LogP contribution < -0.4 is 5.32 Å². The van der Waals surface area contributed by atoms with Gasteiger partial charge < -0.3 is 5.32 Å². The fourth-order valence-corrected chi connectivity index (χ4v) is 3.14. The predicted molar refractivity (Wildman–Crippen MR) is 85.3 cm³/mol. The van der Waals surface area contributed by atoms with Crippen molar-refractivity contribution in [1.29, 1.82) is 0 Å². The quantitative estimate of drug-likeness (QED) is 0.802. The maximum Gasteiger partial charge on any atom is 0.0931 e. The molecule has 3 heteroatoms. The summed E-state index contributed by atoms with van der Waals surface area (Å²) in [6.07, 6.45) is 2.13. The lowest BCUT2D eigenvalue weighted by atomic mass is 10.0. The van der Waals surface area contributed by atoms with Gasteiger partial charge in [0, 0.05) is 17.5 Å². The van der Waals surface area contributed by atoms with E-state index < -0.39 is 0 Å².